The summed E-state index contributed by atoms with van der Waals surface area (Å²) in [6.45, 7) is 7.90. The smallest absolute Gasteiger partial charge is 0.0441 e. The minimum absolute atomic E-state index is 0.283. The van der Waals surface area contributed by atoms with Gasteiger partial charge in [-0.15, -0.1) is 0 Å². The normalized spacial score (nSPS) is 14.3. The third-order valence-electron chi connectivity index (χ3n) is 3.29. The maximum Gasteiger partial charge on any atom is 0.0441 e. The molecule has 2 atom stereocenters. The fourth-order valence-electron chi connectivity index (χ4n) is 2.08. The molecule has 0 saturated heterocycles. The SMILES string of the molecule is CCCNC(CSC(C)CCO)c1ccccc1C. The zero-order valence-corrected chi connectivity index (χ0v) is 13.2. The van der Waals surface area contributed by atoms with E-state index in [9.17, 15) is 0 Å². The monoisotopic (exact) mass is 281 g/mol. The number of rotatable bonds is 9. The Kier molecular flexibility index (Phi) is 8.19. The van der Waals surface area contributed by atoms with E-state index in [0.29, 0.717) is 11.3 Å². The standard InChI is InChI=1S/C16H27NOS/c1-4-10-17-16(12-19-14(3)9-11-18)15-8-6-5-7-13(15)2/h5-8,14,16-18H,4,9-12H2,1-3H3. The van der Waals surface area contributed by atoms with Crippen LogP contribution in [-0.2, 0) is 0 Å². The van der Waals surface area contributed by atoms with Gasteiger partial charge in [0.2, 0.25) is 0 Å². The topological polar surface area (TPSA) is 32.3 Å². The molecule has 0 radical (unpaired) electrons. The Morgan fingerprint density at radius 1 is 1.32 bits per heavy atom. The highest BCUT2D eigenvalue weighted by atomic mass is 32.2. The number of nitrogens with one attached hydrogen (secondary N) is 1. The fourth-order valence-corrected chi connectivity index (χ4v) is 3.17. The molecule has 0 aliphatic heterocycles. The Balaban J connectivity index is 2.64. The van der Waals surface area contributed by atoms with Gasteiger partial charge in [-0.3, -0.25) is 0 Å². The van der Waals surface area contributed by atoms with Gasteiger partial charge in [-0.05, 0) is 37.4 Å². The van der Waals surface area contributed by atoms with Crippen molar-refractivity contribution in [3.05, 3.63) is 35.4 Å². The summed E-state index contributed by atoms with van der Waals surface area (Å²) < 4.78 is 0. The third kappa shape index (κ3) is 5.98. The molecular formula is C16H27NOS. The van der Waals surface area contributed by atoms with Gasteiger partial charge in [-0.1, -0.05) is 38.1 Å². The number of aliphatic hydroxyl groups is 1. The quantitative estimate of drug-likeness (QED) is 0.726. The van der Waals surface area contributed by atoms with Crippen LogP contribution in [0.4, 0.5) is 0 Å². The van der Waals surface area contributed by atoms with Gasteiger partial charge in [0.1, 0.15) is 0 Å². The summed E-state index contributed by atoms with van der Waals surface area (Å²) in [6.07, 6.45) is 2.03. The first-order valence-electron chi connectivity index (χ1n) is 7.20. The lowest BCUT2D eigenvalue weighted by atomic mass is 10.0. The molecule has 1 aromatic carbocycles. The molecule has 19 heavy (non-hydrogen) atoms. The van der Waals surface area contributed by atoms with Crippen LogP contribution in [0.1, 0.15) is 43.9 Å². The second-order valence-electron chi connectivity index (χ2n) is 5.02. The molecule has 1 rings (SSSR count). The predicted molar refractivity (Wildman–Crippen MR) is 85.8 cm³/mol. The first-order valence-corrected chi connectivity index (χ1v) is 8.25. The number of hydrogen-bond donors (Lipinski definition) is 2. The molecule has 0 spiro atoms. The zero-order chi connectivity index (χ0) is 14.1. The fraction of sp³-hybridized carbons (Fsp3) is 0.625. The average Bonchev–Trinajstić information content (AvgIpc) is 2.40. The van der Waals surface area contributed by atoms with Crippen LogP contribution in [0.25, 0.3) is 0 Å². The van der Waals surface area contributed by atoms with Crippen molar-refractivity contribution in [2.45, 2.75) is 44.9 Å². The summed E-state index contributed by atoms with van der Waals surface area (Å²) >= 11 is 1.94. The van der Waals surface area contributed by atoms with Crippen molar-refractivity contribution in [1.29, 1.82) is 0 Å². The Morgan fingerprint density at radius 3 is 2.68 bits per heavy atom. The van der Waals surface area contributed by atoms with Gasteiger partial charge in [0, 0.05) is 23.7 Å². The van der Waals surface area contributed by atoms with Crippen LogP contribution < -0.4 is 5.32 Å². The maximum absolute atomic E-state index is 8.98. The van der Waals surface area contributed by atoms with Gasteiger partial charge in [0.05, 0.1) is 0 Å². The van der Waals surface area contributed by atoms with Crippen LogP contribution in [0.15, 0.2) is 24.3 Å². The lowest BCUT2D eigenvalue weighted by molar-refractivity contribution is 0.289. The molecule has 0 aliphatic carbocycles. The van der Waals surface area contributed by atoms with Crippen molar-refractivity contribution in [3.8, 4) is 0 Å². The molecule has 2 unspecified atom stereocenters. The van der Waals surface area contributed by atoms with Crippen LogP contribution in [-0.4, -0.2) is 29.3 Å². The molecule has 0 aromatic heterocycles. The second-order valence-corrected chi connectivity index (χ2v) is 6.49. The second kappa shape index (κ2) is 9.40. The van der Waals surface area contributed by atoms with Gasteiger partial charge in [-0.2, -0.15) is 11.8 Å². The number of thioether (sulfide) groups is 1. The van der Waals surface area contributed by atoms with Gasteiger partial charge >= 0.3 is 0 Å². The van der Waals surface area contributed by atoms with Crippen molar-refractivity contribution in [2.75, 3.05) is 18.9 Å². The first kappa shape index (κ1) is 16.5. The number of aliphatic hydroxyl groups excluding tert-OH is 1. The van der Waals surface area contributed by atoms with Crippen molar-refractivity contribution >= 4 is 11.8 Å². The summed E-state index contributed by atoms with van der Waals surface area (Å²) in [5, 5.41) is 13.1. The molecule has 108 valence electrons. The van der Waals surface area contributed by atoms with E-state index in [-0.39, 0.29) is 6.61 Å². The summed E-state index contributed by atoms with van der Waals surface area (Å²) in [5.41, 5.74) is 2.76. The molecule has 0 aliphatic rings. The van der Waals surface area contributed by atoms with E-state index in [1.807, 2.05) is 11.8 Å². The highest BCUT2D eigenvalue weighted by molar-refractivity contribution is 7.99. The molecule has 0 heterocycles. The number of hydrogen-bond acceptors (Lipinski definition) is 3. The van der Waals surface area contributed by atoms with Crippen LogP contribution in [0.2, 0.25) is 0 Å². The van der Waals surface area contributed by atoms with Crippen molar-refractivity contribution in [2.24, 2.45) is 0 Å². The molecule has 0 bridgehead atoms. The Hall–Kier alpha value is -0.510. The number of aryl methyl sites for hydroxylation is 1. The molecule has 0 amide bonds. The van der Waals surface area contributed by atoms with Crippen LogP contribution in [0, 0.1) is 6.92 Å². The molecule has 2 nitrogen and oxygen atoms in total. The highest BCUT2D eigenvalue weighted by Crippen LogP contribution is 2.25. The molecule has 3 heteroatoms. The minimum atomic E-state index is 0.283. The van der Waals surface area contributed by atoms with Gasteiger partial charge < -0.3 is 10.4 Å². The summed E-state index contributed by atoms with van der Waals surface area (Å²) in [5.74, 6) is 1.06. The van der Waals surface area contributed by atoms with Crippen molar-refractivity contribution in [3.63, 3.8) is 0 Å². The molecule has 0 fully saturated rings. The largest absolute Gasteiger partial charge is 0.396 e. The lowest BCUT2D eigenvalue weighted by Crippen LogP contribution is -2.25. The minimum Gasteiger partial charge on any atom is -0.396 e. The average molecular weight is 281 g/mol. The zero-order valence-electron chi connectivity index (χ0n) is 12.4. The van der Waals surface area contributed by atoms with Gasteiger partial charge in [0.15, 0.2) is 0 Å². The van der Waals surface area contributed by atoms with Crippen molar-refractivity contribution < 1.29 is 5.11 Å². The highest BCUT2D eigenvalue weighted by Gasteiger charge is 2.14. The van der Waals surface area contributed by atoms with E-state index in [1.54, 1.807) is 0 Å². The van der Waals surface area contributed by atoms with E-state index in [0.717, 1.165) is 25.1 Å². The molecule has 2 N–H and O–H groups in total. The van der Waals surface area contributed by atoms with E-state index >= 15 is 0 Å². The van der Waals surface area contributed by atoms with Crippen LogP contribution in [0.3, 0.4) is 0 Å². The summed E-state index contributed by atoms with van der Waals surface area (Å²) in [6, 6.07) is 9.02. The first-order chi connectivity index (χ1) is 9.19. The number of benzene rings is 1. The molecule has 0 saturated carbocycles. The van der Waals surface area contributed by atoms with Gasteiger partial charge in [0.25, 0.3) is 0 Å². The third-order valence-corrected chi connectivity index (χ3v) is 4.62. The van der Waals surface area contributed by atoms with Crippen molar-refractivity contribution in [1.82, 2.24) is 5.32 Å². The van der Waals surface area contributed by atoms with E-state index in [4.69, 9.17) is 5.11 Å². The summed E-state index contributed by atoms with van der Waals surface area (Å²) in [7, 11) is 0. The Labute approximate surface area is 122 Å². The van der Waals surface area contributed by atoms with Crippen LogP contribution in [0.5, 0.6) is 0 Å². The molecule has 1 aromatic rings. The van der Waals surface area contributed by atoms with Crippen LogP contribution >= 0.6 is 11.8 Å². The van der Waals surface area contributed by atoms with Gasteiger partial charge in [-0.25, -0.2) is 0 Å². The Bertz CT molecular complexity index is 356. The lowest BCUT2D eigenvalue weighted by Gasteiger charge is -2.22. The maximum atomic E-state index is 8.98. The predicted octanol–water partition coefficient (Wildman–Crippen LogP) is 3.54. The van der Waals surface area contributed by atoms with E-state index < -0.39 is 0 Å². The molecular weight excluding hydrogens is 254 g/mol. The Morgan fingerprint density at radius 2 is 2.05 bits per heavy atom. The van der Waals surface area contributed by atoms with E-state index in [1.165, 1.54) is 11.1 Å². The summed E-state index contributed by atoms with van der Waals surface area (Å²) in [4.78, 5) is 0. The van der Waals surface area contributed by atoms with E-state index in [2.05, 4.69) is 50.4 Å².